The summed E-state index contributed by atoms with van der Waals surface area (Å²) in [7, 11) is 1.52. The van der Waals surface area contributed by atoms with Crippen molar-refractivity contribution in [3.8, 4) is 5.75 Å². The van der Waals surface area contributed by atoms with Crippen LogP contribution >= 0.6 is 23.2 Å². The van der Waals surface area contributed by atoms with Gasteiger partial charge in [-0.2, -0.15) is 5.10 Å². The number of methoxy groups -OCH3 is 1. The summed E-state index contributed by atoms with van der Waals surface area (Å²) < 4.78 is 5.11. The van der Waals surface area contributed by atoms with E-state index in [0.717, 1.165) is 16.6 Å². The number of aromatic amines is 1. The van der Waals surface area contributed by atoms with Gasteiger partial charge in [0.15, 0.2) is 5.75 Å². The number of hydrogen-bond acceptors (Lipinski definition) is 4. The van der Waals surface area contributed by atoms with Gasteiger partial charge in [-0.25, -0.2) is 10.4 Å². The molecule has 0 unspecified atom stereocenters. The monoisotopic (exact) mass is 348 g/mol. The van der Waals surface area contributed by atoms with Crippen molar-refractivity contribution >= 4 is 46.4 Å². The molecule has 3 aromatic rings. The van der Waals surface area contributed by atoms with Crippen LogP contribution in [-0.4, -0.2) is 23.3 Å². The van der Waals surface area contributed by atoms with Crippen molar-refractivity contribution in [2.45, 2.75) is 6.92 Å². The van der Waals surface area contributed by atoms with E-state index in [1.165, 1.54) is 12.7 Å². The zero-order chi connectivity index (χ0) is 16.4. The number of anilines is 1. The SMILES string of the molecule is COc1c(Cl)cc(/C=N\Nc2nc3ccc(C)cc3[nH]2)cc1Cl. The summed E-state index contributed by atoms with van der Waals surface area (Å²) in [6.45, 7) is 2.03. The van der Waals surface area contributed by atoms with Gasteiger partial charge in [0.2, 0.25) is 5.95 Å². The number of aromatic nitrogens is 2. The molecule has 0 saturated heterocycles. The van der Waals surface area contributed by atoms with Crippen LogP contribution in [0.2, 0.25) is 10.0 Å². The molecule has 2 N–H and O–H groups in total. The quantitative estimate of drug-likeness (QED) is 0.533. The van der Waals surface area contributed by atoms with E-state index in [1.807, 2.05) is 25.1 Å². The molecule has 0 spiro atoms. The Balaban J connectivity index is 1.77. The summed E-state index contributed by atoms with van der Waals surface area (Å²) in [6.07, 6.45) is 1.61. The molecule has 5 nitrogen and oxygen atoms in total. The summed E-state index contributed by atoms with van der Waals surface area (Å²) in [6, 6.07) is 9.44. The third-order valence-electron chi connectivity index (χ3n) is 3.25. The molecule has 0 atom stereocenters. The van der Waals surface area contributed by atoms with E-state index >= 15 is 0 Å². The lowest BCUT2D eigenvalue weighted by atomic mass is 10.2. The van der Waals surface area contributed by atoms with E-state index < -0.39 is 0 Å². The highest BCUT2D eigenvalue weighted by atomic mass is 35.5. The van der Waals surface area contributed by atoms with Crippen LogP contribution < -0.4 is 10.2 Å². The van der Waals surface area contributed by atoms with Crippen molar-refractivity contribution in [3.05, 3.63) is 51.5 Å². The van der Waals surface area contributed by atoms with E-state index in [9.17, 15) is 0 Å². The topological polar surface area (TPSA) is 62.3 Å². The number of H-pyrrole nitrogens is 1. The Labute approximate surface area is 143 Å². The lowest BCUT2D eigenvalue weighted by Gasteiger charge is -2.06. The molecule has 0 fully saturated rings. The zero-order valence-corrected chi connectivity index (χ0v) is 14.0. The number of hydrogen-bond donors (Lipinski definition) is 2. The summed E-state index contributed by atoms with van der Waals surface area (Å²) >= 11 is 12.2. The third kappa shape index (κ3) is 3.41. The number of benzene rings is 2. The lowest BCUT2D eigenvalue weighted by molar-refractivity contribution is 0.415. The molecular formula is C16H14Cl2N4O. The smallest absolute Gasteiger partial charge is 0.222 e. The highest BCUT2D eigenvalue weighted by molar-refractivity contribution is 6.37. The van der Waals surface area contributed by atoms with Gasteiger partial charge >= 0.3 is 0 Å². The Morgan fingerprint density at radius 3 is 2.65 bits per heavy atom. The minimum Gasteiger partial charge on any atom is -0.494 e. The summed E-state index contributed by atoms with van der Waals surface area (Å²) in [5.74, 6) is 1.01. The molecule has 0 bridgehead atoms. The molecule has 118 valence electrons. The standard InChI is InChI=1S/C16H14Cl2N4O/c1-9-3-4-13-14(5-9)21-16(20-13)22-19-8-10-6-11(17)15(23-2)12(18)7-10/h3-8H,1-2H3,(H2,20,21,22)/b19-8-. The number of fused-ring (bicyclic) bond motifs is 1. The number of hydrazone groups is 1. The summed E-state index contributed by atoms with van der Waals surface area (Å²) in [5, 5.41) is 5.00. The molecule has 0 aliphatic rings. The van der Waals surface area contributed by atoms with Crippen molar-refractivity contribution < 1.29 is 4.74 Å². The molecule has 0 amide bonds. The average Bonchev–Trinajstić information content (AvgIpc) is 2.88. The number of nitrogens with one attached hydrogen (secondary N) is 2. The lowest BCUT2D eigenvalue weighted by Crippen LogP contribution is -1.93. The van der Waals surface area contributed by atoms with Crippen LogP contribution in [0.15, 0.2) is 35.4 Å². The second-order valence-corrected chi connectivity index (χ2v) is 5.81. The van der Waals surface area contributed by atoms with Gasteiger partial charge in [-0.1, -0.05) is 29.3 Å². The maximum atomic E-state index is 6.09. The van der Waals surface area contributed by atoms with Gasteiger partial charge in [0.05, 0.1) is 34.4 Å². The van der Waals surface area contributed by atoms with Crippen LogP contribution in [0.5, 0.6) is 5.75 Å². The molecule has 7 heteroatoms. The van der Waals surface area contributed by atoms with Crippen molar-refractivity contribution in [1.82, 2.24) is 9.97 Å². The van der Waals surface area contributed by atoms with Crippen molar-refractivity contribution in [2.75, 3.05) is 12.5 Å². The summed E-state index contributed by atoms with van der Waals surface area (Å²) in [5.41, 5.74) is 6.61. The zero-order valence-electron chi connectivity index (χ0n) is 12.5. The molecule has 2 aromatic carbocycles. The van der Waals surface area contributed by atoms with E-state index in [4.69, 9.17) is 27.9 Å². The normalized spacial score (nSPS) is 11.3. The van der Waals surface area contributed by atoms with Gasteiger partial charge in [-0.3, -0.25) is 0 Å². The summed E-state index contributed by atoms with van der Waals surface area (Å²) in [4.78, 5) is 7.55. The molecule has 3 rings (SSSR count). The minimum absolute atomic E-state index is 0.431. The fourth-order valence-corrected chi connectivity index (χ4v) is 2.85. The fraction of sp³-hybridized carbons (Fsp3) is 0.125. The maximum Gasteiger partial charge on any atom is 0.222 e. The maximum absolute atomic E-state index is 6.09. The number of rotatable bonds is 4. The molecule has 0 aliphatic carbocycles. The van der Waals surface area contributed by atoms with Crippen LogP contribution in [0.3, 0.4) is 0 Å². The van der Waals surface area contributed by atoms with Crippen molar-refractivity contribution in [1.29, 1.82) is 0 Å². The number of aryl methyl sites for hydroxylation is 1. The first-order chi connectivity index (χ1) is 11.1. The van der Waals surface area contributed by atoms with Gasteiger partial charge in [-0.05, 0) is 42.3 Å². The molecule has 23 heavy (non-hydrogen) atoms. The first-order valence-electron chi connectivity index (χ1n) is 6.85. The molecule has 0 radical (unpaired) electrons. The Hall–Kier alpha value is -2.24. The highest BCUT2D eigenvalue weighted by Crippen LogP contribution is 2.33. The third-order valence-corrected chi connectivity index (χ3v) is 3.81. The van der Waals surface area contributed by atoms with Crippen LogP contribution in [0.4, 0.5) is 5.95 Å². The van der Waals surface area contributed by atoms with Gasteiger partial charge < -0.3 is 9.72 Å². The van der Waals surface area contributed by atoms with Crippen LogP contribution in [-0.2, 0) is 0 Å². The van der Waals surface area contributed by atoms with Crippen molar-refractivity contribution in [3.63, 3.8) is 0 Å². The van der Waals surface area contributed by atoms with Crippen LogP contribution in [0.25, 0.3) is 11.0 Å². The van der Waals surface area contributed by atoms with Crippen LogP contribution in [0, 0.1) is 6.92 Å². The molecule has 1 heterocycles. The van der Waals surface area contributed by atoms with E-state index in [1.54, 1.807) is 18.3 Å². The predicted octanol–water partition coefficient (Wildman–Crippen LogP) is 4.63. The highest BCUT2D eigenvalue weighted by Gasteiger charge is 2.07. The fourth-order valence-electron chi connectivity index (χ4n) is 2.19. The molecule has 0 saturated carbocycles. The van der Waals surface area contributed by atoms with E-state index in [2.05, 4.69) is 20.5 Å². The molecular weight excluding hydrogens is 335 g/mol. The predicted molar refractivity (Wildman–Crippen MR) is 95.1 cm³/mol. The van der Waals surface area contributed by atoms with Crippen molar-refractivity contribution in [2.24, 2.45) is 5.10 Å². The Morgan fingerprint density at radius 2 is 1.96 bits per heavy atom. The Morgan fingerprint density at radius 1 is 1.22 bits per heavy atom. The number of ether oxygens (including phenoxy) is 1. The first kappa shape index (κ1) is 15.6. The first-order valence-corrected chi connectivity index (χ1v) is 7.61. The second kappa shape index (κ2) is 6.48. The number of imidazole rings is 1. The molecule has 0 aliphatic heterocycles. The molecule has 1 aromatic heterocycles. The Kier molecular flexibility index (Phi) is 4.41. The van der Waals surface area contributed by atoms with Gasteiger partial charge in [0.25, 0.3) is 0 Å². The van der Waals surface area contributed by atoms with E-state index in [0.29, 0.717) is 21.7 Å². The van der Waals surface area contributed by atoms with E-state index in [-0.39, 0.29) is 0 Å². The second-order valence-electron chi connectivity index (χ2n) is 4.99. The Bertz CT molecular complexity index is 866. The van der Waals surface area contributed by atoms with Crippen LogP contribution in [0.1, 0.15) is 11.1 Å². The minimum atomic E-state index is 0.431. The van der Waals surface area contributed by atoms with Gasteiger partial charge in [0, 0.05) is 0 Å². The average molecular weight is 349 g/mol. The van der Waals surface area contributed by atoms with Gasteiger partial charge in [0.1, 0.15) is 0 Å². The van der Waals surface area contributed by atoms with Gasteiger partial charge in [-0.15, -0.1) is 0 Å². The largest absolute Gasteiger partial charge is 0.494 e. The number of nitrogens with zero attached hydrogens (tertiary/aromatic N) is 2. The number of halogens is 2.